The van der Waals surface area contributed by atoms with Gasteiger partial charge in [0.1, 0.15) is 16.7 Å². The lowest BCUT2D eigenvalue weighted by Crippen LogP contribution is -2.10. The molecule has 11 rings (SSSR count). The van der Waals surface area contributed by atoms with E-state index in [1.165, 1.54) is 32.2 Å². The first-order valence-electron chi connectivity index (χ1n) is 17.5. The Morgan fingerprint density at radius 1 is 0.385 bits per heavy atom. The maximum Gasteiger partial charge on any atom is 0.155 e. The highest BCUT2D eigenvalue weighted by atomic mass is 32.1. The second kappa shape index (κ2) is 11.5. The number of furan rings is 2. The highest BCUT2D eigenvalue weighted by Crippen LogP contribution is 2.50. The van der Waals surface area contributed by atoms with Gasteiger partial charge in [-0.1, -0.05) is 115 Å². The second-order valence-electron chi connectivity index (χ2n) is 13.3. The van der Waals surface area contributed by atoms with Crippen LogP contribution >= 0.6 is 11.3 Å². The summed E-state index contributed by atoms with van der Waals surface area (Å²) in [6, 6.07) is 62.4. The van der Waals surface area contributed by atoms with Crippen molar-refractivity contribution in [2.45, 2.75) is 0 Å². The molecule has 0 atom stereocenters. The highest BCUT2D eigenvalue weighted by Gasteiger charge is 2.24. The zero-order valence-corrected chi connectivity index (χ0v) is 28.7. The Labute approximate surface area is 303 Å². The molecular weight excluding hydrogens is 655 g/mol. The summed E-state index contributed by atoms with van der Waals surface area (Å²) < 4.78 is 15.8. The molecule has 0 bridgehead atoms. The number of nitrogens with zero attached hydrogens (tertiary/aromatic N) is 1. The summed E-state index contributed by atoms with van der Waals surface area (Å²) in [6.07, 6.45) is 0. The van der Waals surface area contributed by atoms with Crippen molar-refractivity contribution in [2.24, 2.45) is 0 Å². The van der Waals surface area contributed by atoms with E-state index in [4.69, 9.17) is 8.83 Å². The van der Waals surface area contributed by atoms with Gasteiger partial charge < -0.3 is 13.7 Å². The largest absolute Gasteiger partial charge is 0.456 e. The van der Waals surface area contributed by atoms with Crippen molar-refractivity contribution in [1.29, 1.82) is 0 Å². The van der Waals surface area contributed by atoms with Crippen LogP contribution < -0.4 is 4.90 Å². The summed E-state index contributed by atoms with van der Waals surface area (Å²) >= 11 is 1.79. The van der Waals surface area contributed by atoms with Gasteiger partial charge in [-0.2, -0.15) is 0 Å². The zero-order valence-electron chi connectivity index (χ0n) is 27.9. The van der Waals surface area contributed by atoms with Crippen molar-refractivity contribution < 1.29 is 8.83 Å². The van der Waals surface area contributed by atoms with Gasteiger partial charge in [0.15, 0.2) is 5.58 Å². The van der Waals surface area contributed by atoms with Crippen molar-refractivity contribution in [2.75, 3.05) is 4.90 Å². The molecule has 0 unspecified atom stereocenters. The summed E-state index contributed by atoms with van der Waals surface area (Å²) in [5.74, 6) is 0. The fourth-order valence-corrected chi connectivity index (χ4v) is 8.97. The van der Waals surface area contributed by atoms with Gasteiger partial charge in [-0.25, -0.2) is 0 Å². The molecule has 0 aliphatic heterocycles. The van der Waals surface area contributed by atoms with Crippen LogP contribution in [0, 0.1) is 0 Å². The molecule has 3 aromatic heterocycles. The summed E-state index contributed by atoms with van der Waals surface area (Å²) in [7, 11) is 0. The van der Waals surface area contributed by atoms with Gasteiger partial charge in [0.05, 0.1) is 15.8 Å². The molecule has 0 fully saturated rings. The smallest absolute Gasteiger partial charge is 0.155 e. The van der Waals surface area contributed by atoms with Crippen molar-refractivity contribution >= 4 is 92.4 Å². The number of rotatable bonds is 5. The Hall–Kier alpha value is -6.62. The van der Waals surface area contributed by atoms with Crippen LogP contribution in [0.25, 0.3) is 86.3 Å². The van der Waals surface area contributed by atoms with E-state index >= 15 is 0 Å². The third-order valence-electron chi connectivity index (χ3n) is 10.3. The van der Waals surface area contributed by atoms with E-state index in [2.05, 4.69) is 169 Å². The highest BCUT2D eigenvalue weighted by molar-refractivity contribution is 7.26. The standard InChI is InChI=1S/C48H29NO2S/c1-3-11-30(12-4-1)32-19-22-34(23-20-32)49(35-24-26-37-36-25-21-33(31-13-5-2-6-14-31)27-43(36)50-44(37)28-35)41-29-40-38-15-8-10-18-45(38)52-48(40)47-46(41)39-16-7-9-17-42(39)51-47/h1-29H. The molecule has 0 saturated carbocycles. The molecule has 3 nitrogen and oxygen atoms in total. The van der Waals surface area contributed by atoms with E-state index in [0.29, 0.717) is 0 Å². The molecule has 0 radical (unpaired) electrons. The lowest BCUT2D eigenvalue weighted by molar-refractivity contribution is 0.669. The first-order valence-corrected chi connectivity index (χ1v) is 18.3. The third kappa shape index (κ3) is 4.51. The molecule has 0 spiro atoms. The van der Waals surface area contributed by atoms with Crippen molar-refractivity contribution in [1.82, 2.24) is 0 Å². The summed E-state index contributed by atoms with van der Waals surface area (Å²) in [4.78, 5) is 2.37. The normalized spacial score (nSPS) is 11.8. The number of hydrogen-bond acceptors (Lipinski definition) is 4. The van der Waals surface area contributed by atoms with Gasteiger partial charge in [0.25, 0.3) is 0 Å². The molecule has 0 N–H and O–H groups in total. The minimum absolute atomic E-state index is 0.846. The Balaban J connectivity index is 1.18. The summed E-state index contributed by atoms with van der Waals surface area (Å²) in [5, 5.41) is 6.80. The monoisotopic (exact) mass is 683 g/mol. The SMILES string of the molecule is c1ccc(-c2ccc(N(c3ccc4c(c3)oc3cc(-c5ccccc5)ccc34)c3cc4c5ccccc5sc4c4oc5ccccc5c34)cc2)cc1. The Morgan fingerprint density at radius 2 is 0.981 bits per heavy atom. The molecule has 3 heterocycles. The molecule has 0 saturated heterocycles. The Bertz CT molecular complexity index is 3120. The van der Waals surface area contributed by atoms with Crippen LogP contribution in [0.4, 0.5) is 17.1 Å². The fourth-order valence-electron chi connectivity index (χ4n) is 7.80. The van der Waals surface area contributed by atoms with Gasteiger partial charge in [0.2, 0.25) is 0 Å². The van der Waals surface area contributed by atoms with Gasteiger partial charge in [-0.15, -0.1) is 11.3 Å². The molecule has 8 aromatic carbocycles. The van der Waals surface area contributed by atoms with E-state index in [1.54, 1.807) is 11.3 Å². The Morgan fingerprint density at radius 3 is 1.77 bits per heavy atom. The topological polar surface area (TPSA) is 29.5 Å². The number of para-hydroxylation sites is 1. The molecule has 244 valence electrons. The van der Waals surface area contributed by atoms with Gasteiger partial charge in [-0.05, 0) is 76.9 Å². The predicted molar refractivity (Wildman–Crippen MR) is 219 cm³/mol. The maximum atomic E-state index is 6.76. The average molecular weight is 684 g/mol. The maximum absolute atomic E-state index is 6.76. The van der Waals surface area contributed by atoms with E-state index < -0.39 is 0 Å². The Kier molecular flexibility index (Phi) is 6.42. The van der Waals surface area contributed by atoms with Gasteiger partial charge >= 0.3 is 0 Å². The van der Waals surface area contributed by atoms with Crippen LogP contribution in [0.15, 0.2) is 185 Å². The first kappa shape index (κ1) is 29.1. The van der Waals surface area contributed by atoms with Crippen molar-refractivity contribution in [3.05, 3.63) is 176 Å². The van der Waals surface area contributed by atoms with Crippen molar-refractivity contribution in [3.8, 4) is 22.3 Å². The van der Waals surface area contributed by atoms with Crippen LogP contribution in [0.3, 0.4) is 0 Å². The third-order valence-corrected chi connectivity index (χ3v) is 11.5. The molecule has 0 aliphatic carbocycles. The number of anilines is 3. The minimum Gasteiger partial charge on any atom is -0.456 e. The summed E-state index contributed by atoms with van der Waals surface area (Å²) in [5.41, 5.74) is 11.3. The van der Waals surface area contributed by atoms with Gasteiger partial charge in [-0.3, -0.25) is 0 Å². The lowest BCUT2D eigenvalue weighted by Gasteiger charge is -2.26. The van der Waals surface area contributed by atoms with Gasteiger partial charge in [0, 0.05) is 49.1 Å². The minimum atomic E-state index is 0.846. The number of fused-ring (bicyclic) bond motifs is 10. The zero-order chi connectivity index (χ0) is 34.2. The molecular formula is C48H29NO2S. The van der Waals surface area contributed by atoms with Crippen LogP contribution in [0.1, 0.15) is 0 Å². The molecule has 4 heteroatoms. The summed E-state index contributed by atoms with van der Waals surface area (Å²) in [6.45, 7) is 0. The fraction of sp³-hybridized carbons (Fsp3) is 0. The second-order valence-corrected chi connectivity index (χ2v) is 14.3. The quantitative estimate of drug-likeness (QED) is 0.181. The molecule has 11 aromatic rings. The van der Waals surface area contributed by atoms with E-state index in [9.17, 15) is 0 Å². The molecule has 0 amide bonds. The number of benzene rings is 8. The predicted octanol–water partition coefficient (Wildman–Crippen LogP) is 14.7. The molecule has 0 aliphatic rings. The number of hydrogen-bond donors (Lipinski definition) is 0. The molecule has 52 heavy (non-hydrogen) atoms. The lowest BCUT2D eigenvalue weighted by atomic mass is 10.0. The van der Waals surface area contributed by atoms with Crippen LogP contribution in [-0.4, -0.2) is 0 Å². The van der Waals surface area contributed by atoms with E-state index in [0.717, 1.165) is 71.2 Å². The van der Waals surface area contributed by atoms with Crippen LogP contribution in [-0.2, 0) is 0 Å². The van der Waals surface area contributed by atoms with Crippen LogP contribution in [0.2, 0.25) is 0 Å². The first-order chi connectivity index (χ1) is 25.8. The van der Waals surface area contributed by atoms with Crippen LogP contribution in [0.5, 0.6) is 0 Å². The van der Waals surface area contributed by atoms with Crippen molar-refractivity contribution in [3.63, 3.8) is 0 Å². The number of thiophene rings is 1. The van der Waals surface area contributed by atoms with E-state index in [1.807, 2.05) is 12.1 Å². The average Bonchev–Trinajstić information content (AvgIpc) is 3.90. The van der Waals surface area contributed by atoms with E-state index in [-0.39, 0.29) is 0 Å².